The van der Waals surface area contributed by atoms with Gasteiger partial charge in [-0.2, -0.15) is 0 Å². The Morgan fingerprint density at radius 1 is 1.03 bits per heavy atom. The molecule has 2 aromatic heterocycles. The van der Waals surface area contributed by atoms with Crippen molar-refractivity contribution in [2.24, 2.45) is 0 Å². The molecule has 2 amide bonds. The van der Waals surface area contributed by atoms with Gasteiger partial charge in [0.05, 0.1) is 12.1 Å². The number of carbonyl (C=O) groups is 2. The fourth-order valence-corrected chi connectivity index (χ4v) is 5.44. The van der Waals surface area contributed by atoms with E-state index >= 15 is 0 Å². The lowest BCUT2D eigenvalue weighted by molar-refractivity contribution is -0.160. The van der Waals surface area contributed by atoms with Gasteiger partial charge in [0.1, 0.15) is 23.9 Å². The maximum atomic E-state index is 13.6. The smallest absolute Gasteiger partial charge is 0.247 e. The van der Waals surface area contributed by atoms with Gasteiger partial charge in [0.25, 0.3) is 0 Å². The first-order chi connectivity index (χ1) is 17.1. The lowest BCUT2D eigenvalue weighted by Crippen LogP contribution is -2.66. The highest BCUT2D eigenvalue weighted by atomic mass is 16.3. The van der Waals surface area contributed by atoms with Crippen LogP contribution in [0.1, 0.15) is 23.8 Å². The Labute approximate surface area is 203 Å². The van der Waals surface area contributed by atoms with Crippen molar-refractivity contribution in [3.63, 3.8) is 0 Å². The van der Waals surface area contributed by atoms with Crippen LogP contribution in [0.2, 0.25) is 0 Å². The molecule has 4 heterocycles. The van der Waals surface area contributed by atoms with E-state index in [9.17, 15) is 9.59 Å². The topological polar surface area (TPSA) is 69.9 Å². The molecule has 178 valence electrons. The molecular formula is C28H28N4O3. The molecule has 35 heavy (non-hydrogen) atoms. The molecule has 0 saturated carbocycles. The average molecular weight is 469 g/mol. The van der Waals surface area contributed by atoms with Gasteiger partial charge in [-0.15, -0.1) is 0 Å². The minimum Gasteiger partial charge on any atom is -0.461 e. The molecule has 7 nitrogen and oxygen atoms in total. The third-order valence-electron chi connectivity index (χ3n) is 7.24. The number of fused-ring (bicyclic) bond motifs is 3. The molecule has 4 aromatic rings. The van der Waals surface area contributed by atoms with Crippen molar-refractivity contribution in [1.82, 2.24) is 19.7 Å². The summed E-state index contributed by atoms with van der Waals surface area (Å²) in [5.74, 6) is 0.917. The normalized spacial score (nSPS) is 19.1. The summed E-state index contributed by atoms with van der Waals surface area (Å²) in [6, 6.07) is 17.8. The van der Waals surface area contributed by atoms with E-state index in [2.05, 4.69) is 34.1 Å². The van der Waals surface area contributed by atoms with Crippen molar-refractivity contribution < 1.29 is 14.0 Å². The van der Waals surface area contributed by atoms with Crippen LogP contribution < -0.4 is 0 Å². The first-order valence-electron chi connectivity index (χ1n) is 12.2. The van der Waals surface area contributed by atoms with Crippen molar-refractivity contribution >= 4 is 33.7 Å². The van der Waals surface area contributed by atoms with Gasteiger partial charge < -0.3 is 14.2 Å². The zero-order chi connectivity index (χ0) is 23.9. The summed E-state index contributed by atoms with van der Waals surface area (Å²) in [4.78, 5) is 36.8. The standard InChI is InChI=1S/C28H28N4O3/c1-2-25-22(21-7-3-4-8-26(21)35-25)16-31-18-27(33)32-13-12-30(17-24(32)28(31)34)15-19-9-10-20-6-5-11-29-23(20)14-19/h3-11,14,24H,2,12-13,15-18H2,1H3. The molecule has 1 unspecified atom stereocenters. The summed E-state index contributed by atoms with van der Waals surface area (Å²) in [5.41, 5.74) is 3.96. The van der Waals surface area contributed by atoms with Gasteiger partial charge in [0.2, 0.25) is 11.8 Å². The van der Waals surface area contributed by atoms with Crippen LogP contribution in [0.25, 0.3) is 21.9 Å². The van der Waals surface area contributed by atoms with Crippen molar-refractivity contribution in [2.75, 3.05) is 26.2 Å². The molecule has 2 saturated heterocycles. The monoisotopic (exact) mass is 468 g/mol. The van der Waals surface area contributed by atoms with E-state index in [0.717, 1.165) is 58.3 Å². The predicted molar refractivity (Wildman–Crippen MR) is 134 cm³/mol. The minimum atomic E-state index is -0.452. The summed E-state index contributed by atoms with van der Waals surface area (Å²) in [6.45, 7) is 5.15. The summed E-state index contributed by atoms with van der Waals surface area (Å²) < 4.78 is 6.03. The molecule has 0 radical (unpaired) electrons. The fourth-order valence-electron chi connectivity index (χ4n) is 5.44. The highest BCUT2D eigenvalue weighted by molar-refractivity contribution is 5.95. The van der Waals surface area contributed by atoms with E-state index in [1.807, 2.05) is 37.3 Å². The molecule has 6 rings (SSSR count). The maximum absolute atomic E-state index is 13.6. The van der Waals surface area contributed by atoms with Crippen molar-refractivity contribution in [3.05, 3.63) is 77.7 Å². The van der Waals surface area contributed by atoms with E-state index in [4.69, 9.17) is 4.42 Å². The van der Waals surface area contributed by atoms with Crippen LogP contribution in [0.3, 0.4) is 0 Å². The number of aryl methyl sites for hydroxylation is 1. The van der Waals surface area contributed by atoms with Crippen LogP contribution in [0.4, 0.5) is 0 Å². The molecule has 0 spiro atoms. The van der Waals surface area contributed by atoms with Crippen LogP contribution in [0, 0.1) is 0 Å². The van der Waals surface area contributed by atoms with Crippen LogP contribution in [-0.4, -0.2) is 63.7 Å². The quantitative estimate of drug-likeness (QED) is 0.448. The Bertz CT molecular complexity index is 1430. The number of carbonyl (C=O) groups excluding carboxylic acids is 2. The van der Waals surface area contributed by atoms with E-state index in [1.54, 1.807) is 16.0 Å². The third-order valence-corrected chi connectivity index (χ3v) is 7.24. The highest BCUT2D eigenvalue weighted by Crippen LogP contribution is 2.29. The molecule has 2 aliphatic rings. The predicted octanol–water partition coefficient (Wildman–Crippen LogP) is 3.60. The molecule has 0 bridgehead atoms. The van der Waals surface area contributed by atoms with Gasteiger partial charge in [-0.05, 0) is 23.8 Å². The van der Waals surface area contributed by atoms with Gasteiger partial charge in [-0.3, -0.25) is 19.5 Å². The summed E-state index contributed by atoms with van der Waals surface area (Å²) >= 11 is 0. The van der Waals surface area contributed by atoms with Gasteiger partial charge in [0.15, 0.2) is 0 Å². The Hall–Kier alpha value is -3.71. The van der Waals surface area contributed by atoms with E-state index < -0.39 is 6.04 Å². The van der Waals surface area contributed by atoms with Crippen molar-refractivity contribution in [3.8, 4) is 0 Å². The number of nitrogens with zero attached hydrogens (tertiary/aromatic N) is 4. The van der Waals surface area contributed by atoms with Gasteiger partial charge in [-0.1, -0.05) is 43.3 Å². The molecule has 2 aromatic carbocycles. The number of piperazine rings is 2. The number of hydrogen-bond acceptors (Lipinski definition) is 5. The van der Waals surface area contributed by atoms with E-state index in [-0.39, 0.29) is 18.4 Å². The Morgan fingerprint density at radius 3 is 2.80 bits per heavy atom. The Kier molecular flexibility index (Phi) is 5.49. The first kappa shape index (κ1) is 21.8. The molecule has 0 N–H and O–H groups in total. The number of rotatable bonds is 5. The second kappa shape index (κ2) is 8.82. The maximum Gasteiger partial charge on any atom is 0.247 e. The number of para-hydroxylation sites is 1. The molecule has 7 heteroatoms. The van der Waals surface area contributed by atoms with Gasteiger partial charge in [0, 0.05) is 55.1 Å². The summed E-state index contributed by atoms with van der Waals surface area (Å²) in [5, 5.41) is 2.13. The summed E-state index contributed by atoms with van der Waals surface area (Å²) in [6.07, 6.45) is 2.54. The summed E-state index contributed by atoms with van der Waals surface area (Å²) in [7, 11) is 0. The lowest BCUT2D eigenvalue weighted by Gasteiger charge is -2.46. The third kappa shape index (κ3) is 3.96. The van der Waals surface area contributed by atoms with Crippen LogP contribution >= 0.6 is 0 Å². The number of amides is 2. The van der Waals surface area contributed by atoms with E-state index in [1.165, 1.54) is 0 Å². The van der Waals surface area contributed by atoms with Crippen molar-refractivity contribution in [1.29, 1.82) is 0 Å². The molecule has 1 atom stereocenters. The lowest BCUT2D eigenvalue weighted by atomic mass is 10.0. The highest BCUT2D eigenvalue weighted by Gasteiger charge is 2.42. The number of hydrogen-bond donors (Lipinski definition) is 0. The first-order valence-corrected chi connectivity index (χ1v) is 12.2. The van der Waals surface area contributed by atoms with Crippen molar-refractivity contribution in [2.45, 2.75) is 32.5 Å². The number of benzene rings is 2. The minimum absolute atomic E-state index is 0.0156. The average Bonchev–Trinajstić information content (AvgIpc) is 3.24. The van der Waals surface area contributed by atoms with Crippen LogP contribution in [0.15, 0.2) is 65.2 Å². The van der Waals surface area contributed by atoms with Gasteiger partial charge in [-0.25, -0.2) is 0 Å². The zero-order valence-electron chi connectivity index (χ0n) is 19.8. The molecule has 2 fully saturated rings. The second-order valence-corrected chi connectivity index (χ2v) is 9.42. The Morgan fingerprint density at radius 2 is 1.91 bits per heavy atom. The zero-order valence-corrected chi connectivity index (χ0v) is 19.8. The van der Waals surface area contributed by atoms with Crippen LogP contribution in [-0.2, 0) is 29.1 Å². The SMILES string of the molecule is CCc1oc2ccccc2c1CN1CC(=O)N2CCN(Cc3ccc4cccnc4c3)CC2C1=O. The molecule has 0 aliphatic carbocycles. The Balaban J connectivity index is 1.21. The fraction of sp³-hybridized carbons (Fsp3) is 0.321. The number of pyridine rings is 1. The van der Waals surface area contributed by atoms with Gasteiger partial charge >= 0.3 is 0 Å². The largest absolute Gasteiger partial charge is 0.461 e. The molecule has 2 aliphatic heterocycles. The molecular weight excluding hydrogens is 440 g/mol. The van der Waals surface area contributed by atoms with E-state index in [0.29, 0.717) is 19.6 Å². The number of aromatic nitrogens is 1. The number of furan rings is 1. The van der Waals surface area contributed by atoms with Crippen LogP contribution in [0.5, 0.6) is 0 Å². The second-order valence-electron chi connectivity index (χ2n) is 9.42.